The van der Waals surface area contributed by atoms with Crippen molar-refractivity contribution in [2.24, 2.45) is 10.4 Å². The molecule has 1 atom stereocenters. The van der Waals surface area contributed by atoms with Crippen LogP contribution in [-0.4, -0.2) is 55.3 Å². The number of guanidine groups is 1. The smallest absolute Gasteiger partial charge is 0.191 e. The Morgan fingerprint density at radius 2 is 2.00 bits per heavy atom. The van der Waals surface area contributed by atoms with Crippen molar-refractivity contribution in [3.8, 4) is 0 Å². The second kappa shape index (κ2) is 11.7. The molecule has 1 aliphatic rings. The van der Waals surface area contributed by atoms with Crippen LogP contribution in [0.15, 0.2) is 22.5 Å². The number of aliphatic hydroxyl groups excluding tert-OH is 1. The Morgan fingerprint density at radius 1 is 1.26 bits per heavy atom. The molecule has 5 nitrogen and oxygen atoms in total. The second-order valence-corrected chi connectivity index (χ2v) is 8.51. The van der Waals surface area contributed by atoms with Gasteiger partial charge < -0.3 is 15.7 Å². The zero-order chi connectivity index (χ0) is 19.5. The number of thiophene rings is 1. The van der Waals surface area contributed by atoms with E-state index in [2.05, 4.69) is 53.8 Å². The van der Waals surface area contributed by atoms with Gasteiger partial charge in [-0.25, -0.2) is 0 Å². The summed E-state index contributed by atoms with van der Waals surface area (Å²) in [5, 5.41) is 18.6. The molecular formula is C21H38N4OS. The fourth-order valence-electron chi connectivity index (χ4n) is 3.87. The maximum Gasteiger partial charge on any atom is 0.191 e. The van der Waals surface area contributed by atoms with Crippen molar-refractivity contribution in [3.63, 3.8) is 0 Å². The van der Waals surface area contributed by atoms with Crippen molar-refractivity contribution in [1.29, 1.82) is 0 Å². The topological polar surface area (TPSA) is 59.9 Å². The maximum atomic E-state index is 9.45. The molecule has 0 aliphatic carbocycles. The SMILES string of the molecule is CCNC(=NCC(CC)(CC)CCO)NCC(c1cccs1)N1CCCC1. The summed E-state index contributed by atoms with van der Waals surface area (Å²) < 4.78 is 0. The lowest BCUT2D eigenvalue weighted by Gasteiger charge is -2.30. The Morgan fingerprint density at radius 3 is 2.56 bits per heavy atom. The number of hydrogen-bond acceptors (Lipinski definition) is 4. The fraction of sp³-hybridized carbons (Fsp3) is 0.762. The minimum absolute atomic E-state index is 0.0964. The molecule has 0 saturated carbocycles. The molecule has 1 unspecified atom stereocenters. The molecule has 1 aliphatic heterocycles. The van der Waals surface area contributed by atoms with Gasteiger partial charge in [-0.15, -0.1) is 11.3 Å². The molecule has 0 bridgehead atoms. The number of hydrogen-bond donors (Lipinski definition) is 3. The molecule has 6 heteroatoms. The summed E-state index contributed by atoms with van der Waals surface area (Å²) in [4.78, 5) is 8.92. The highest BCUT2D eigenvalue weighted by Gasteiger charge is 2.26. The number of aliphatic imine (C=N–C) groups is 1. The summed E-state index contributed by atoms with van der Waals surface area (Å²) in [6.07, 6.45) is 5.49. The van der Waals surface area contributed by atoms with E-state index in [1.165, 1.54) is 30.8 Å². The first-order chi connectivity index (χ1) is 13.2. The Kier molecular flexibility index (Phi) is 9.59. The normalized spacial score (nSPS) is 17.3. The summed E-state index contributed by atoms with van der Waals surface area (Å²) in [5.74, 6) is 0.891. The summed E-state index contributed by atoms with van der Waals surface area (Å²) in [5.41, 5.74) is 0.0964. The third kappa shape index (κ3) is 6.47. The molecule has 2 rings (SSSR count). The van der Waals surface area contributed by atoms with Crippen molar-refractivity contribution in [2.45, 2.75) is 58.9 Å². The fourth-order valence-corrected chi connectivity index (χ4v) is 4.73. The first-order valence-corrected chi connectivity index (χ1v) is 11.5. The summed E-state index contributed by atoms with van der Waals surface area (Å²) in [7, 11) is 0. The van der Waals surface area contributed by atoms with Crippen LogP contribution in [0.4, 0.5) is 0 Å². The van der Waals surface area contributed by atoms with Crippen LogP contribution >= 0.6 is 11.3 Å². The second-order valence-electron chi connectivity index (χ2n) is 7.53. The molecule has 27 heavy (non-hydrogen) atoms. The molecule has 1 fully saturated rings. The molecule has 154 valence electrons. The van der Waals surface area contributed by atoms with Gasteiger partial charge >= 0.3 is 0 Å². The van der Waals surface area contributed by atoms with Crippen LogP contribution < -0.4 is 10.6 Å². The highest BCUT2D eigenvalue weighted by molar-refractivity contribution is 7.10. The third-order valence-electron chi connectivity index (χ3n) is 5.97. The van der Waals surface area contributed by atoms with Crippen LogP contribution in [-0.2, 0) is 0 Å². The number of nitrogens with one attached hydrogen (secondary N) is 2. The Hall–Kier alpha value is -1.11. The minimum atomic E-state index is 0.0964. The van der Waals surface area contributed by atoms with E-state index < -0.39 is 0 Å². The monoisotopic (exact) mass is 394 g/mol. The summed E-state index contributed by atoms with van der Waals surface area (Å²) in [6, 6.07) is 4.81. The summed E-state index contributed by atoms with van der Waals surface area (Å²) in [6.45, 7) is 11.6. The first-order valence-electron chi connectivity index (χ1n) is 10.6. The zero-order valence-corrected chi connectivity index (χ0v) is 18.2. The molecule has 3 N–H and O–H groups in total. The van der Waals surface area contributed by atoms with Gasteiger partial charge in [-0.3, -0.25) is 9.89 Å². The Bertz CT molecular complexity index is 536. The van der Waals surface area contributed by atoms with Crippen LogP contribution in [0, 0.1) is 5.41 Å². The lowest BCUT2D eigenvalue weighted by atomic mass is 9.79. The molecule has 1 aromatic heterocycles. The quantitative estimate of drug-likeness (QED) is 0.396. The van der Waals surface area contributed by atoms with Gasteiger partial charge in [0.25, 0.3) is 0 Å². The lowest BCUT2D eigenvalue weighted by molar-refractivity contribution is 0.175. The number of rotatable bonds is 11. The van der Waals surface area contributed by atoms with Gasteiger partial charge in [0.05, 0.1) is 6.04 Å². The average Bonchev–Trinajstić information content (AvgIpc) is 3.40. The lowest BCUT2D eigenvalue weighted by Crippen LogP contribution is -2.43. The van der Waals surface area contributed by atoms with Gasteiger partial charge in [0.1, 0.15) is 0 Å². The molecule has 1 saturated heterocycles. The van der Waals surface area contributed by atoms with E-state index in [-0.39, 0.29) is 12.0 Å². The molecule has 0 aromatic carbocycles. The molecule has 2 heterocycles. The van der Waals surface area contributed by atoms with Gasteiger partial charge in [-0.05, 0) is 69.0 Å². The zero-order valence-electron chi connectivity index (χ0n) is 17.3. The van der Waals surface area contributed by atoms with Gasteiger partial charge in [-0.1, -0.05) is 19.9 Å². The molecule has 1 aromatic rings. The first kappa shape index (κ1) is 22.2. The van der Waals surface area contributed by atoms with Crippen LogP contribution in [0.25, 0.3) is 0 Å². The standard InChI is InChI=1S/C21H38N4OS/c1-4-21(5-2,11-14-26)17-24-20(22-6-3)23-16-18(19-10-9-15-27-19)25-12-7-8-13-25/h9-10,15,18,26H,4-8,11-14,16-17H2,1-3H3,(H2,22,23,24). The van der Waals surface area contributed by atoms with E-state index in [1.54, 1.807) is 0 Å². The van der Waals surface area contributed by atoms with Gasteiger partial charge in [0.15, 0.2) is 5.96 Å². The Balaban J connectivity index is 2.04. The largest absolute Gasteiger partial charge is 0.396 e. The van der Waals surface area contributed by atoms with Gasteiger partial charge in [0.2, 0.25) is 0 Å². The highest BCUT2D eigenvalue weighted by atomic mass is 32.1. The number of nitrogens with zero attached hydrogens (tertiary/aromatic N) is 2. The van der Waals surface area contributed by atoms with E-state index in [9.17, 15) is 5.11 Å². The van der Waals surface area contributed by atoms with Crippen molar-refractivity contribution < 1.29 is 5.11 Å². The average molecular weight is 395 g/mol. The van der Waals surface area contributed by atoms with E-state index in [1.807, 2.05) is 11.3 Å². The summed E-state index contributed by atoms with van der Waals surface area (Å²) >= 11 is 1.84. The highest BCUT2D eigenvalue weighted by Crippen LogP contribution is 2.31. The van der Waals surface area contributed by atoms with Crippen molar-refractivity contribution in [2.75, 3.05) is 39.3 Å². The predicted molar refractivity (Wildman–Crippen MR) is 117 cm³/mol. The Labute approximate surface area is 169 Å². The molecule has 0 spiro atoms. The molecular weight excluding hydrogens is 356 g/mol. The van der Waals surface area contributed by atoms with Crippen molar-refractivity contribution in [3.05, 3.63) is 22.4 Å². The van der Waals surface area contributed by atoms with E-state index in [0.29, 0.717) is 6.04 Å². The van der Waals surface area contributed by atoms with E-state index in [4.69, 9.17) is 4.99 Å². The van der Waals surface area contributed by atoms with Crippen LogP contribution in [0.2, 0.25) is 0 Å². The van der Waals surface area contributed by atoms with Crippen LogP contribution in [0.1, 0.15) is 63.8 Å². The number of likely N-dealkylation sites (tertiary alicyclic amines) is 1. The van der Waals surface area contributed by atoms with Crippen LogP contribution in [0.5, 0.6) is 0 Å². The van der Waals surface area contributed by atoms with E-state index >= 15 is 0 Å². The van der Waals surface area contributed by atoms with E-state index in [0.717, 1.165) is 44.9 Å². The van der Waals surface area contributed by atoms with Crippen molar-refractivity contribution in [1.82, 2.24) is 15.5 Å². The van der Waals surface area contributed by atoms with Crippen molar-refractivity contribution >= 4 is 17.3 Å². The third-order valence-corrected chi connectivity index (χ3v) is 6.95. The molecule has 0 amide bonds. The maximum absolute atomic E-state index is 9.45. The minimum Gasteiger partial charge on any atom is -0.396 e. The number of aliphatic hydroxyl groups is 1. The van der Waals surface area contributed by atoms with Gasteiger partial charge in [0, 0.05) is 31.1 Å². The van der Waals surface area contributed by atoms with Gasteiger partial charge in [-0.2, -0.15) is 0 Å². The van der Waals surface area contributed by atoms with Crippen LogP contribution in [0.3, 0.4) is 0 Å². The predicted octanol–water partition coefficient (Wildman–Crippen LogP) is 3.63. The molecule has 0 radical (unpaired) electrons.